The molecule has 0 bridgehead atoms. The minimum Gasteiger partial charge on any atom is -0.378 e. The first-order chi connectivity index (χ1) is 12.5. The summed E-state index contributed by atoms with van der Waals surface area (Å²) in [6.45, 7) is 1.43. The van der Waals surface area contributed by atoms with Crippen molar-refractivity contribution in [1.82, 2.24) is 10.0 Å². The van der Waals surface area contributed by atoms with Crippen LogP contribution in [0.3, 0.4) is 0 Å². The molecule has 1 fully saturated rings. The molecule has 1 heterocycles. The van der Waals surface area contributed by atoms with Crippen LogP contribution >= 0.6 is 0 Å². The summed E-state index contributed by atoms with van der Waals surface area (Å²) in [7, 11) is -3.63. The zero-order valence-corrected chi connectivity index (χ0v) is 15.4. The Kier molecular flexibility index (Phi) is 6.24. The van der Waals surface area contributed by atoms with Crippen molar-refractivity contribution >= 4 is 26.7 Å². The molecule has 0 saturated carbocycles. The molecule has 1 aliphatic rings. The van der Waals surface area contributed by atoms with Crippen molar-refractivity contribution in [2.75, 3.05) is 19.7 Å². The monoisotopic (exact) mass is 376 g/mol. The summed E-state index contributed by atoms with van der Waals surface area (Å²) in [5, 5.41) is 4.65. The second-order valence-corrected chi connectivity index (χ2v) is 8.20. The Hall–Kier alpha value is -1.96. The quantitative estimate of drug-likeness (QED) is 0.740. The second kappa shape index (κ2) is 8.62. The molecule has 140 valence electrons. The van der Waals surface area contributed by atoms with E-state index in [4.69, 9.17) is 4.74 Å². The van der Waals surface area contributed by atoms with Crippen LogP contribution in [0.25, 0.3) is 10.8 Å². The summed E-state index contributed by atoms with van der Waals surface area (Å²) in [6, 6.07) is 12.6. The molecule has 7 heteroatoms. The van der Waals surface area contributed by atoms with Crippen molar-refractivity contribution in [2.24, 2.45) is 0 Å². The lowest BCUT2D eigenvalue weighted by Crippen LogP contribution is -2.32. The number of nitrogens with one attached hydrogen (secondary N) is 2. The smallest absolute Gasteiger partial charge is 0.240 e. The van der Waals surface area contributed by atoms with E-state index in [0.717, 1.165) is 36.6 Å². The number of hydrogen-bond acceptors (Lipinski definition) is 4. The molecule has 0 spiro atoms. The van der Waals surface area contributed by atoms with Crippen LogP contribution in [0.1, 0.15) is 25.7 Å². The molecule has 2 N–H and O–H groups in total. The number of fused-ring (bicyclic) bond motifs is 1. The van der Waals surface area contributed by atoms with Gasteiger partial charge in [-0.05, 0) is 42.2 Å². The van der Waals surface area contributed by atoms with E-state index in [1.807, 2.05) is 24.3 Å². The normalized spacial score (nSPS) is 17.5. The zero-order chi connectivity index (χ0) is 18.4. The molecule has 0 radical (unpaired) electrons. The summed E-state index contributed by atoms with van der Waals surface area (Å²) in [6.07, 6.45) is 3.27. The average molecular weight is 376 g/mol. The van der Waals surface area contributed by atoms with Crippen LogP contribution in [0.4, 0.5) is 0 Å². The number of carbonyl (C=O) groups is 1. The molecule has 1 unspecified atom stereocenters. The molecule has 1 amide bonds. The lowest BCUT2D eigenvalue weighted by atomic mass is 10.1. The van der Waals surface area contributed by atoms with E-state index in [1.54, 1.807) is 18.2 Å². The number of ether oxygens (including phenoxy) is 1. The Labute approximate surface area is 154 Å². The maximum Gasteiger partial charge on any atom is 0.240 e. The number of benzene rings is 2. The maximum atomic E-state index is 12.4. The summed E-state index contributed by atoms with van der Waals surface area (Å²) in [4.78, 5) is 12.0. The van der Waals surface area contributed by atoms with E-state index in [0.29, 0.717) is 6.54 Å². The van der Waals surface area contributed by atoms with Gasteiger partial charge in [0.1, 0.15) is 0 Å². The standard InChI is InChI=1S/C19H24N2O4S/c22-19(20-11-9-17-6-3-13-25-17)10-12-21-26(23,24)18-8-7-15-4-1-2-5-16(15)14-18/h1-2,4-5,7-8,14,17,21H,3,6,9-13H2,(H,20,22). The molecule has 2 aromatic rings. The van der Waals surface area contributed by atoms with Crippen molar-refractivity contribution < 1.29 is 17.9 Å². The minimum atomic E-state index is -3.63. The molecular weight excluding hydrogens is 352 g/mol. The van der Waals surface area contributed by atoms with Crippen LogP contribution in [-0.4, -0.2) is 40.1 Å². The van der Waals surface area contributed by atoms with Crippen molar-refractivity contribution in [1.29, 1.82) is 0 Å². The molecule has 1 aliphatic heterocycles. The SMILES string of the molecule is O=C(CCNS(=O)(=O)c1ccc2ccccc2c1)NCCC1CCCO1. The fourth-order valence-electron chi connectivity index (χ4n) is 3.05. The fraction of sp³-hybridized carbons (Fsp3) is 0.421. The van der Waals surface area contributed by atoms with Gasteiger partial charge in [0.05, 0.1) is 11.0 Å². The number of amides is 1. The van der Waals surface area contributed by atoms with Gasteiger partial charge in [-0.3, -0.25) is 4.79 Å². The molecule has 1 saturated heterocycles. The van der Waals surface area contributed by atoms with Gasteiger partial charge in [-0.2, -0.15) is 0 Å². The van der Waals surface area contributed by atoms with Crippen molar-refractivity contribution in [3.05, 3.63) is 42.5 Å². The van der Waals surface area contributed by atoms with Gasteiger partial charge in [-0.1, -0.05) is 30.3 Å². The van der Waals surface area contributed by atoms with Crippen molar-refractivity contribution in [3.63, 3.8) is 0 Å². The lowest BCUT2D eigenvalue weighted by molar-refractivity contribution is -0.121. The van der Waals surface area contributed by atoms with E-state index in [-0.39, 0.29) is 29.9 Å². The van der Waals surface area contributed by atoms with E-state index in [9.17, 15) is 13.2 Å². The zero-order valence-electron chi connectivity index (χ0n) is 14.6. The molecule has 0 aromatic heterocycles. The molecular formula is C19H24N2O4S. The Morgan fingerprint density at radius 2 is 1.92 bits per heavy atom. The highest BCUT2D eigenvalue weighted by Gasteiger charge is 2.16. The fourth-order valence-corrected chi connectivity index (χ4v) is 4.12. The Morgan fingerprint density at radius 1 is 1.12 bits per heavy atom. The number of rotatable bonds is 8. The van der Waals surface area contributed by atoms with Crippen LogP contribution in [0, 0.1) is 0 Å². The maximum absolute atomic E-state index is 12.4. The molecule has 1 atom stereocenters. The number of carbonyl (C=O) groups excluding carboxylic acids is 1. The molecule has 2 aromatic carbocycles. The second-order valence-electron chi connectivity index (χ2n) is 6.43. The van der Waals surface area contributed by atoms with Gasteiger partial charge in [-0.15, -0.1) is 0 Å². The first-order valence-corrected chi connectivity index (χ1v) is 10.4. The highest BCUT2D eigenvalue weighted by Crippen LogP contribution is 2.18. The minimum absolute atomic E-state index is 0.0704. The first-order valence-electron chi connectivity index (χ1n) is 8.91. The topological polar surface area (TPSA) is 84.5 Å². The number of hydrogen-bond donors (Lipinski definition) is 2. The Morgan fingerprint density at radius 3 is 2.69 bits per heavy atom. The van der Waals surface area contributed by atoms with E-state index in [2.05, 4.69) is 10.0 Å². The van der Waals surface area contributed by atoms with Gasteiger partial charge < -0.3 is 10.1 Å². The third-order valence-corrected chi connectivity index (χ3v) is 5.95. The van der Waals surface area contributed by atoms with Gasteiger partial charge >= 0.3 is 0 Å². The third kappa shape index (κ3) is 5.03. The van der Waals surface area contributed by atoms with Crippen LogP contribution < -0.4 is 10.0 Å². The van der Waals surface area contributed by atoms with Gasteiger partial charge in [0.15, 0.2) is 0 Å². The predicted octanol–water partition coefficient (Wildman–Crippen LogP) is 2.19. The van der Waals surface area contributed by atoms with Gasteiger partial charge in [0.2, 0.25) is 15.9 Å². The van der Waals surface area contributed by atoms with Gasteiger partial charge in [0, 0.05) is 26.1 Å². The Balaban J connectivity index is 1.45. The number of sulfonamides is 1. The highest BCUT2D eigenvalue weighted by atomic mass is 32.2. The van der Waals surface area contributed by atoms with Gasteiger partial charge in [0.25, 0.3) is 0 Å². The van der Waals surface area contributed by atoms with E-state index < -0.39 is 10.0 Å². The van der Waals surface area contributed by atoms with E-state index >= 15 is 0 Å². The summed E-state index contributed by atoms with van der Waals surface area (Å²) in [5.74, 6) is -0.163. The summed E-state index contributed by atoms with van der Waals surface area (Å²) in [5.41, 5.74) is 0. The average Bonchev–Trinajstić information content (AvgIpc) is 3.14. The van der Waals surface area contributed by atoms with Crippen LogP contribution in [0.5, 0.6) is 0 Å². The first kappa shape index (κ1) is 18.8. The Bertz CT molecular complexity index is 861. The van der Waals surface area contributed by atoms with Crippen LogP contribution in [0.2, 0.25) is 0 Å². The van der Waals surface area contributed by atoms with Crippen molar-refractivity contribution in [2.45, 2.75) is 36.7 Å². The molecule has 26 heavy (non-hydrogen) atoms. The molecule has 6 nitrogen and oxygen atoms in total. The molecule has 3 rings (SSSR count). The highest BCUT2D eigenvalue weighted by molar-refractivity contribution is 7.89. The predicted molar refractivity (Wildman–Crippen MR) is 100 cm³/mol. The third-order valence-electron chi connectivity index (χ3n) is 4.49. The molecule has 0 aliphatic carbocycles. The van der Waals surface area contributed by atoms with Gasteiger partial charge in [-0.25, -0.2) is 13.1 Å². The summed E-state index contributed by atoms with van der Waals surface area (Å²) >= 11 is 0. The lowest BCUT2D eigenvalue weighted by Gasteiger charge is -2.11. The van der Waals surface area contributed by atoms with Crippen LogP contribution in [0.15, 0.2) is 47.4 Å². The van der Waals surface area contributed by atoms with E-state index in [1.165, 1.54) is 0 Å². The largest absolute Gasteiger partial charge is 0.378 e. The van der Waals surface area contributed by atoms with Crippen molar-refractivity contribution in [3.8, 4) is 0 Å². The summed E-state index contributed by atoms with van der Waals surface area (Å²) < 4.78 is 32.8. The van der Waals surface area contributed by atoms with Crippen LogP contribution in [-0.2, 0) is 19.6 Å².